The summed E-state index contributed by atoms with van der Waals surface area (Å²) in [7, 11) is 0. The lowest BCUT2D eigenvalue weighted by molar-refractivity contribution is -0.142. The summed E-state index contributed by atoms with van der Waals surface area (Å²) in [6, 6.07) is 15.2. The lowest BCUT2D eigenvalue weighted by Gasteiger charge is -2.33. The Labute approximate surface area is 234 Å². The molecule has 1 aromatic heterocycles. The molecule has 1 atom stereocenters. The number of aromatic nitrogens is 2. The van der Waals surface area contributed by atoms with Crippen molar-refractivity contribution in [2.75, 3.05) is 23.3 Å². The first-order valence-electron chi connectivity index (χ1n) is 13.9. The third-order valence-electron chi connectivity index (χ3n) is 7.40. The maximum atomic E-state index is 12.7. The molecule has 0 spiro atoms. The third-order valence-corrected chi connectivity index (χ3v) is 7.40. The normalized spacial score (nSPS) is 17.2. The Hall–Kier alpha value is -4.14. The fourth-order valence-electron chi connectivity index (χ4n) is 4.68. The van der Waals surface area contributed by atoms with Gasteiger partial charge in [0.05, 0.1) is 30.5 Å². The van der Waals surface area contributed by atoms with Crippen LogP contribution in [-0.2, 0) is 21.4 Å². The maximum absolute atomic E-state index is 12.7. The molecule has 2 heterocycles. The van der Waals surface area contributed by atoms with Crippen LogP contribution in [0, 0.1) is 0 Å². The molecule has 2 aromatic carbocycles. The number of hydrogen-bond acceptors (Lipinski definition) is 7. The number of para-hydroxylation sites is 2. The second-order valence-corrected chi connectivity index (χ2v) is 11.0. The van der Waals surface area contributed by atoms with Gasteiger partial charge in [0, 0.05) is 13.0 Å². The lowest BCUT2D eigenvalue weighted by Crippen LogP contribution is -2.41. The molecule has 0 radical (unpaired) electrons. The van der Waals surface area contributed by atoms with Gasteiger partial charge in [-0.25, -0.2) is 4.98 Å². The number of benzene rings is 2. The van der Waals surface area contributed by atoms with E-state index in [1.165, 1.54) is 0 Å². The Morgan fingerprint density at radius 3 is 2.38 bits per heavy atom. The largest absolute Gasteiger partial charge is 0.487 e. The number of ether oxygens (including phenoxy) is 2. The van der Waals surface area contributed by atoms with Gasteiger partial charge >= 0.3 is 5.97 Å². The highest BCUT2D eigenvalue weighted by Crippen LogP contribution is 2.35. The van der Waals surface area contributed by atoms with Gasteiger partial charge in [0.15, 0.2) is 17.3 Å². The van der Waals surface area contributed by atoms with Crippen molar-refractivity contribution >= 4 is 23.5 Å². The number of aliphatic carboxylic acids is 1. The number of amides is 1. The van der Waals surface area contributed by atoms with E-state index >= 15 is 0 Å². The highest BCUT2D eigenvalue weighted by molar-refractivity contribution is 5.89. The van der Waals surface area contributed by atoms with Crippen molar-refractivity contribution in [3.05, 3.63) is 72.1 Å². The molecule has 9 nitrogen and oxygen atoms in total. The van der Waals surface area contributed by atoms with Gasteiger partial charge in [-0.1, -0.05) is 36.4 Å². The highest BCUT2D eigenvalue weighted by atomic mass is 16.5. The first-order valence-corrected chi connectivity index (χ1v) is 13.9. The Kier molecular flexibility index (Phi) is 8.19. The average molecular weight is 545 g/mol. The van der Waals surface area contributed by atoms with Crippen LogP contribution in [0.15, 0.2) is 60.9 Å². The van der Waals surface area contributed by atoms with Gasteiger partial charge in [-0.05, 0) is 69.2 Å². The molecule has 9 heteroatoms. The molecule has 2 aliphatic rings. The van der Waals surface area contributed by atoms with Gasteiger partial charge in [0.2, 0.25) is 5.91 Å². The fraction of sp³-hybridized carbons (Fsp3) is 0.419. The summed E-state index contributed by atoms with van der Waals surface area (Å²) in [5.74, 6) is 1.64. The van der Waals surface area contributed by atoms with Crippen molar-refractivity contribution in [1.29, 1.82) is 0 Å². The van der Waals surface area contributed by atoms with E-state index in [-0.39, 0.29) is 18.4 Å². The van der Waals surface area contributed by atoms with Crippen LogP contribution in [-0.4, -0.2) is 52.2 Å². The van der Waals surface area contributed by atoms with E-state index in [1.807, 2.05) is 48.5 Å². The van der Waals surface area contributed by atoms with E-state index in [2.05, 4.69) is 20.2 Å². The summed E-state index contributed by atoms with van der Waals surface area (Å²) in [5, 5.41) is 12.3. The zero-order chi connectivity index (χ0) is 28.1. The molecule has 1 aliphatic heterocycles. The number of carbonyl (C=O) groups excluding carboxylic acids is 1. The molecule has 2 N–H and O–H groups in total. The van der Waals surface area contributed by atoms with Crippen molar-refractivity contribution < 1.29 is 24.2 Å². The first kappa shape index (κ1) is 27.4. The Morgan fingerprint density at radius 1 is 1.00 bits per heavy atom. The zero-order valence-corrected chi connectivity index (χ0v) is 23.0. The molecule has 210 valence electrons. The van der Waals surface area contributed by atoms with Gasteiger partial charge < -0.3 is 24.8 Å². The van der Waals surface area contributed by atoms with Crippen LogP contribution >= 0.6 is 0 Å². The molecule has 0 bridgehead atoms. The molecule has 1 unspecified atom stereocenters. The highest BCUT2D eigenvalue weighted by Gasteiger charge is 2.29. The minimum absolute atomic E-state index is 0.00906. The summed E-state index contributed by atoms with van der Waals surface area (Å²) in [4.78, 5) is 35.2. The number of carbonyl (C=O) groups is 2. The lowest BCUT2D eigenvalue weighted by atomic mass is 9.84. The van der Waals surface area contributed by atoms with Crippen molar-refractivity contribution in [2.24, 2.45) is 0 Å². The van der Waals surface area contributed by atoms with Crippen molar-refractivity contribution in [2.45, 2.75) is 70.0 Å². The van der Waals surface area contributed by atoms with E-state index in [0.717, 1.165) is 54.9 Å². The number of anilines is 2. The van der Waals surface area contributed by atoms with Crippen LogP contribution in [0.3, 0.4) is 0 Å². The number of hydrogen-bond donors (Lipinski definition) is 2. The van der Waals surface area contributed by atoms with Gasteiger partial charge in [-0.3, -0.25) is 14.6 Å². The van der Waals surface area contributed by atoms with Crippen molar-refractivity contribution in [1.82, 2.24) is 9.97 Å². The predicted molar refractivity (Wildman–Crippen MR) is 152 cm³/mol. The summed E-state index contributed by atoms with van der Waals surface area (Å²) < 4.78 is 12.4. The first-order chi connectivity index (χ1) is 19.3. The number of nitrogens with zero attached hydrogens (tertiary/aromatic N) is 3. The van der Waals surface area contributed by atoms with Gasteiger partial charge in [-0.2, -0.15) is 0 Å². The van der Waals surface area contributed by atoms with Gasteiger partial charge in [-0.15, -0.1) is 0 Å². The molecular weight excluding hydrogens is 508 g/mol. The number of piperidine rings is 1. The number of carboxylic acids is 1. The topological polar surface area (TPSA) is 114 Å². The standard InChI is InChI=1S/C31H36N4O5/c1-31(2,30(37)38)22-12-9-21(10-13-22)11-16-29(36)34-27-18-32-19-28(33-27)35-17-5-6-24(20-35)40-26-8-4-3-7-25(26)39-23-14-15-23/h3-4,7-10,12-13,18-19,23-24H,5-6,11,14-17,20H2,1-2H3,(H,37,38)(H,33,34,36). The van der Waals surface area contributed by atoms with Crippen LogP contribution in [0.2, 0.25) is 0 Å². The summed E-state index contributed by atoms with van der Waals surface area (Å²) >= 11 is 0. The number of rotatable bonds is 11. The molecule has 40 heavy (non-hydrogen) atoms. The van der Waals surface area contributed by atoms with Crippen molar-refractivity contribution in [3.63, 3.8) is 0 Å². The minimum atomic E-state index is -0.963. The van der Waals surface area contributed by atoms with Crippen LogP contribution < -0.4 is 19.7 Å². The Balaban J connectivity index is 1.14. The number of carboxylic acid groups (broad SMARTS) is 1. The molecule has 2 fully saturated rings. The molecule has 5 rings (SSSR count). The average Bonchev–Trinajstić information content (AvgIpc) is 3.78. The third kappa shape index (κ3) is 6.89. The number of nitrogens with one attached hydrogen (secondary N) is 1. The quantitative estimate of drug-likeness (QED) is 0.347. The van der Waals surface area contributed by atoms with E-state index in [0.29, 0.717) is 30.7 Å². The molecule has 3 aromatic rings. The van der Waals surface area contributed by atoms with Gasteiger partial charge in [0.25, 0.3) is 0 Å². The molecule has 1 amide bonds. The number of aryl methyl sites for hydroxylation is 1. The summed E-state index contributed by atoms with van der Waals surface area (Å²) in [6.45, 7) is 4.85. The fourth-order valence-corrected chi connectivity index (χ4v) is 4.68. The summed E-state index contributed by atoms with van der Waals surface area (Å²) in [6.07, 6.45) is 8.44. The zero-order valence-electron chi connectivity index (χ0n) is 23.0. The van der Waals surface area contributed by atoms with E-state index in [9.17, 15) is 14.7 Å². The monoisotopic (exact) mass is 544 g/mol. The smallest absolute Gasteiger partial charge is 0.313 e. The molecule has 1 saturated carbocycles. The van der Waals surface area contributed by atoms with Crippen molar-refractivity contribution in [3.8, 4) is 11.5 Å². The van der Waals surface area contributed by atoms with E-state index in [1.54, 1.807) is 26.2 Å². The van der Waals surface area contributed by atoms with Gasteiger partial charge in [0.1, 0.15) is 11.9 Å². The molecular formula is C31H36N4O5. The van der Waals surface area contributed by atoms with Crippen LogP contribution in [0.1, 0.15) is 57.1 Å². The predicted octanol–water partition coefficient (Wildman–Crippen LogP) is 5.00. The SMILES string of the molecule is CC(C)(C(=O)O)c1ccc(CCC(=O)Nc2cncc(N3CCCC(Oc4ccccc4OC4CC4)C3)n2)cc1. The maximum Gasteiger partial charge on any atom is 0.313 e. The van der Waals surface area contributed by atoms with E-state index in [4.69, 9.17) is 9.47 Å². The Morgan fingerprint density at radius 2 is 1.70 bits per heavy atom. The van der Waals surface area contributed by atoms with Crippen LogP contribution in [0.25, 0.3) is 0 Å². The second-order valence-electron chi connectivity index (χ2n) is 11.0. The van der Waals surface area contributed by atoms with Crippen LogP contribution in [0.4, 0.5) is 11.6 Å². The molecule has 1 saturated heterocycles. The van der Waals surface area contributed by atoms with Crippen LogP contribution in [0.5, 0.6) is 11.5 Å². The van der Waals surface area contributed by atoms with E-state index < -0.39 is 11.4 Å². The Bertz CT molecular complexity index is 1340. The molecule has 1 aliphatic carbocycles. The summed E-state index contributed by atoms with van der Waals surface area (Å²) in [5.41, 5.74) is 0.722. The second kappa shape index (κ2) is 11.9. The minimum Gasteiger partial charge on any atom is -0.487 e.